The van der Waals surface area contributed by atoms with E-state index < -0.39 is 0 Å². The van der Waals surface area contributed by atoms with Crippen LogP contribution in [0.25, 0.3) is 55.7 Å². The maximum absolute atomic E-state index is 6.58. The smallest absolute Gasteiger partial charge is 0.143 e. The first kappa shape index (κ1) is 27.4. The van der Waals surface area contributed by atoms with Crippen LogP contribution in [0.4, 0.5) is 17.1 Å². The number of nitrogens with zero attached hydrogens (tertiary/aromatic N) is 1. The fraction of sp³-hybridized carbons (Fsp3) is 0. The highest BCUT2D eigenvalue weighted by Crippen LogP contribution is 2.43. The fourth-order valence-corrected chi connectivity index (χ4v) is 6.35. The summed E-state index contributed by atoms with van der Waals surface area (Å²) in [6.07, 6.45) is 0. The summed E-state index contributed by atoms with van der Waals surface area (Å²) in [6.45, 7) is 0. The van der Waals surface area contributed by atoms with Crippen LogP contribution < -0.4 is 4.90 Å². The molecular weight excluding hydrogens is 558 g/mol. The first-order valence-corrected chi connectivity index (χ1v) is 15.6. The van der Waals surface area contributed by atoms with Gasteiger partial charge in [0.2, 0.25) is 0 Å². The average Bonchev–Trinajstić information content (AvgIpc) is 3.53. The molecule has 0 aliphatic heterocycles. The molecule has 0 bridgehead atoms. The number of benzene rings is 7. The molecule has 1 aromatic heterocycles. The molecule has 0 N–H and O–H groups in total. The van der Waals surface area contributed by atoms with Crippen molar-refractivity contribution in [2.24, 2.45) is 0 Å². The van der Waals surface area contributed by atoms with E-state index in [0.717, 1.165) is 50.5 Å². The molecule has 0 aliphatic rings. The SMILES string of the molecule is c1ccc(-c2ccccc2-c2ccc(N(c3ccccc3)c3cccc(-c4oc5ccccc5c4-c4ccccc4)c3)cc2)cc1. The van der Waals surface area contributed by atoms with E-state index in [1.165, 1.54) is 22.3 Å². The molecule has 0 unspecified atom stereocenters. The van der Waals surface area contributed by atoms with E-state index in [-0.39, 0.29) is 0 Å². The molecule has 218 valence electrons. The van der Waals surface area contributed by atoms with Crippen LogP contribution in [-0.2, 0) is 0 Å². The van der Waals surface area contributed by atoms with Gasteiger partial charge >= 0.3 is 0 Å². The summed E-state index contributed by atoms with van der Waals surface area (Å²) in [7, 11) is 0. The lowest BCUT2D eigenvalue weighted by Gasteiger charge is -2.26. The van der Waals surface area contributed by atoms with Crippen LogP contribution in [0.15, 0.2) is 192 Å². The Morgan fingerprint density at radius 2 is 0.848 bits per heavy atom. The Labute approximate surface area is 269 Å². The number of fused-ring (bicyclic) bond motifs is 1. The fourth-order valence-electron chi connectivity index (χ4n) is 6.35. The van der Waals surface area contributed by atoms with E-state index in [1.807, 2.05) is 12.1 Å². The van der Waals surface area contributed by atoms with Crippen LogP contribution >= 0.6 is 0 Å². The summed E-state index contributed by atoms with van der Waals surface area (Å²) in [4.78, 5) is 2.31. The standard InChI is InChI=1S/C44H31NO/c1-4-15-32(16-5-1)39-23-10-11-24-40(39)33-27-29-37(30-28-33)45(36-20-8-3-9-21-36)38-22-14-19-35(31-38)44-43(34-17-6-2-7-18-34)41-25-12-13-26-42(41)46-44/h1-31H. The maximum Gasteiger partial charge on any atom is 0.143 e. The Morgan fingerprint density at radius 3 is 1.54 bits per heavy atom. The van der Waals surface area contributed by atoms with Crippen molar-refractivity contribution >= 4 is 28.0 Å². The molecule has 8 rings (SSSR count). The van der Waals surface area contributed by atoms with Gasteiger partial charge in [-0.15, -0.1) is 0 Å². The lowest BCUT2D eigenvalue weighted by Crippen LogP contribution is -2.09. The zero-order valence-electron chi connectivity index (χ0n) is 25.3. The largest absolute Gasteiger partial charge is 0.455 e. The van der Waals surface area contributed by atoms with Crippen LogP contribution in [0.2, 0.25) is 0 Å². The molecule has 0 aliphatic carbocycles. The van der Waals surface area contributed by atoms with Crippen LogP contribution in [0.5, 0.6) is 0 Å². The Hall–Kier alpha value is -6.12. The summed E-state index contributed by atoms with van der Waals surface area (Å²) in [5, 5.41) is 1.11. The summed E-state index contributed by atoms with van der Waals surface area (Å²) < 4.78 is 6.58. The minimum absolute atomic E-state index is 0.870. The predicted molar refractivity (Wildman–Crippen MR) is 193 cm³/mol. The molecule has 7 aromatic carbocycles. The second-order valence-electron chi connectivity index (χ2n) is 11.3. The Bertz CT molecular complexity index is 2230. The Morgan fingerprint density at radius 1 is 0.348 bits per heavy atom. The lowest BCUT2D eigenvalue weighted by atomic mass is 9.94. The van der Waals surface area contributed by atoms with Gasteiger partial charge in [-0.05, 0) is 70.3 Å². The van der Waals surface area contributed by atoms with Crippen LogP contribution in [0.3, 0.4) is 0 Å². The second-order valence-corrected chi connectivity index (χ2v) is 11.3. The van der Waals surface area contributed by atoms with Crippen molar-refractivity contribution in [2.75, 3.05) is 4.90 Å². The first-order chi connectivity index (χ1) is 22.8. The van der Waals surface area contributed by atoms with E-state index in [9.17, 15) is 0 Å². The van der Waals surface area contributed by atoms with Crippen LogP contribution in [0, 0.1) is 0 Å². The van der Waals surface area contributed by atoms with Crippen molar-refractivity contribution in [3.63, 3.8) is 0 Å². The molecule has 8 aromatic rings. The Kier molecular flexibility index (Phi) is 7.22. The van der Waals surface area contributed by atoms with Gasteiger partial charge in [0.05, 0.1) is 0 Å². The van der Waals surface area contributed by atoms with Crippen LogP contribution in [-0.4, -0.2) is 0 Å². The van der Waals surface area contributed by atoms with Crippen molar-refractivity contribution in [3.8, 4) is 44.7 Å². The molecule has 1 heterocycles. The van der Waals surface area contributed by atoms with Gasteiger partial charge in [-0.3, -0.25) is 0 Å². The molecule has 2 nitrogen and oxygen atoms in total. The van der Waals surface area contributed by atoms with Crippen LogP contribution in [0.1, 0.15) is 0 Å². The van der Waals surface area contributed by atoms with Gasteiger partial charge in [0.15, 0.2) is 0 Å². The zero-order valence-corrected chi connectivity index (χ0v) is 25.3. The highest BCUT2D eigenvalue weighted by atomic mass is 16.3. The van der Waals surface area contributed by atoms with Crippen molar-refractivity contribution in [2.45, 2.75) is 0 Å². The molecule has 0 saturated heterocycles. The minimum atomic E-state index is 0.870. The number of furan rings is 1. The zero-order chi connectivity index (χ0) is 30.7. The molecule has 0 amide bonds. The number of rotatable bonds is 7. The summed E-state index contributed by atoms with van der Waals surface area (Å²) in [5.74, 6) is 0.870. The van der Waals surface area contributed by atoms with E-state index in [4.69, 9.17) is 4.42 Å². The van der Waals surface area contributed by atoms with Crippen molar-refractivity contribution in [1.29, 1.82) is 0 Å². The molecule has 0 saturated carbocycles. The van der Waals surface area contributed by atoms with E-state index >= 15 is 0 Å². The number of hydrogen-bond acceptors (Lipinski definition) is 2. The molecule has 0 fully saturated rings. The lowest BCUT2D eigenvalue weighted by molar-refractivity contribution is 0.632. The van der Waals surface area contributed by atoms with E-state index in [2.05, 4.69) is 181 Å². The third kappa shape index (κ3) is 5.16. The monoisotopic (exact) mass is 589 g/mol. The van der Waals surface area contributed by atoms with E-state index in [1.54, 1.807) is 0 Å². The Balaban J connectivity index is 1.23. The predicted octanol–water partition coefficient (Wildman–Crippen LogP) is 12.6. The number of hydrogen-bond donors (Lipinski definition) is 0. The maximum atomic E-state index is 6.58. The summed E-state index contributed by atoms with van der Waals surface area (Å²) >= 11 is 0. The van der Waals surface area contributed by atoms with Crippen molar-refractivity contribution in [1.82, 2.24) is 0 Å². The van der Waals surface area contributed by atoms with Gasteiger partial charge in [-0.2, -0.15) is 0 Å². The quantitative estimate of drug-likeness (QED) is 0.184. The molecule has 0 spiro atoms. The first-order valence-electron chi connectivity index (χ1n) is 15.6. The minimum Gasteiger partial charge on any atom is -0.455 e. The van der Waals surface area contributed by atoms with Crippen molar-refractivity contribution in [3.05, 3.63) is 188 Å². The summed E-state index contributed by atoms with van der Waals surface area (Å²) in [5.41, 5.74) is 12.2. The third-order valence-corrected chi connectivity index (χ3v) is 8.49. The number of para-hydroxylation sites is 2. The molecule has 2 heteroatoms. The average molecular weight is 590 g/mol. The van der Waals surface area contributed by atoms with Gasteiger partial charge in [0.1, 0.15) is 11.3 Å². The highest BCUT2D eigenvalue weighted by Gasteiger charge is 2.20. The van der Waals surface area contributed by atoms with Gasteiger partial charge < -0.3 is 9.32 Å². The number of anilines is 3. The van der Waals surface area contributed by atoms with Crippen molar-refractivity contribution < 1.29 is 4.42 Å². The van der Waals surface area contributed by atoms with E-state index in [0.29, 0.717) is 0 Å². The van der Waals surface area contributed by atoms with Gasteiger partial charge in [-0.25, -0.2) is 0 Å². The van der Waals surface area contributed by atoms with Gasteiger partial charge in [-0.1, -0.05) is 146 Å². The normalized spacial score (nSPS) is 11.0. The van der Waals surface area contributed by atoms with Gasteiger partial charge in [0.25, 0.3) is 0 Å². The third-order valence-electron chi connectivity index (χ3n) is 8.49. The highest BCUT2D eigenvalue weighted by molar-refractivity contribution is 6.02. The molecular formula is C44H31NO. The topological polar surface area (TPSA) is 16.4 Å². The van der Waals surface area contributed by atoms with Gasteiger partial charge in [0, 0.05) is 33.6 Å². The molecule has 0 atom stereocenters. The summed E-state index contributed by atoms with van der Waals surface area (Å²) in [6, 6.07) is 66.1. The second kappa shape index (κ2) is 12.1. The molecule has 46 heavy (non-hydrogen) atoms. The molecule has 0 radical (unpaired) electrons.